The van der Waals surface area contributed by atoms with E-state index >= 15 is 0 Å². The molecule has 0 amide bonds. The molecule has 124 valence electrons. The number of hydrogen-bond acceptors (Lipinski definition) is 2. The number of aromatic hydroxyl groups is 1. The van der Waals surface area contributed by atoms with Gasteiger partial charge in [0.15, 0.2) is 0 Å². The highest BCUT2D eigenvalue weighted by Gasteiger charge is 2.09. The second-order valence-electron chi connectivity index (χ2n) is 6.40. The van der Waals surface area contributed by atoms with Gasteiger partial charge in [0.25, 0.3) is 0 Å². The van der Waals surface area contributed by atoms with E-state index in [1.54, 1.807) is 0 Å². The molecule has 0 unspecified atom stereocenters. The Morgan fingerprint density at radius 3 is 2.54 bits per heavy atom. The molecule has 0 radical (unpaired) electrons. The van der Waals surface area contributed by atoms with E-state index in [1.807, 2.05) is 36.4 Å². The van der Waals surface area contributed by atoms with Crippen LogP contribution < -0.4 is 5.73 Å². The number of unbranched alkanes of at least 4 members (excludes halogenated alkanes) is 3. The summed E-state index contributed by atoms with van der Waals surface area (Å²) in [6, 6.07) is 18.2. The van der Waals surface area contributed by atoms with E-state index in [1.165, 1.54) is 19.3 Å². The highest BCUT2D eigenvalue weighted by atomic mass is 16.3. The summed E-state index contributed by atoms with van der Waals surface area (Å²) in [6.45, 7) is 2.21. The topological polar surface area (TPSA) is 46.2 Å². The van der Waals surface area contributed by atoms with Crippen LogP contribution in [0.3, 0.4) is 0 Å². The first-order valence-corrected chi connectivity index (χ1v) is 8.80. The fourth-order valence-corrected chi connectivity index (χ4v) is 3.23. The van der Waals surface area contributed by atoms with Crippen molar-refractivity contribution in [1.29, 1.82) is 0 Å². The van der Waals surface area contributed by atoms with E-state index in [9.17, 15) is 5.11 Å². The van der Waals surface area contributed by atoms with Gasteiger partial charge in [-0.3, -0.25) is 0 Å². The Balaban J connectivity index is 1.87. The lowest BCUT2D eigenvalue weighted by Crippen LogP contribution is -1.93. The Hall–Kier alpha value is -2.48. The number of anilines is 1. The van der Waals surface area contributed by atoms with Gasteiger partial charge in [-0.2, -0.15) is 0 Å². The summed E-state index contributed by atoms with van der Waals surface area (Å²) in [7, 11) is 0. The second kappa shape index (κ2) is 7.39. The number of phenolic OH excluding ortho intramolecular Hbond substituents is 1. The lowest BCUT2D eigenvalue weighted by atomic mass is 9.96. The highest BCUT2D eigenvalue weighted by Crippen LogP contribution is 2.35. The Bertz CT molecular complexity index is 838. The Labute approximate surface area is 143 Å². The van der Waals surface area contributed by atoms with E-state index in [0.717, 1.165) is 46.0 Å². The smallest absolute Gasteiger partial charge is 0.119 e. The van der Waals surface area contributed by atoms with Crippen LogP contribution in [-0.2, 0) is 6.42 Å². The maximum absolute atomic E-state index is 10.4. The predicted octanol–water partition coefficient (Wildman–Crippen LogP) is 5.92. The molecule has 3 aromatic carbocycles. The number of aryl methyl sites for hydroxylation is 1. The minimum atomic E-state index is 0.372. The summed E-state index contributed by atoms with van der Waals surface area (Å²) in [5, 5.41) is 12.6. The highest BCUT2D eigenvalue weighted by molar-refractivity contribution is 6.00. The molecule has 3 rings (SSSR count). The zero-order valence-electron chi connectivity index (χ0n) is 14.3. The molecule has 0 aromatic heterocycles. The molecule has 24 heavy (non-hydrogen) atoms. The van der Waals surface area contributed by atoms with Crippen LogP contribution in [0.25, 0.3) is 21.9 Å². The van der Waals surface area contributed by atoms with Crippen LogP contribution in [0.2, 0.25) is 0 Å². The Morgan fingerprint density at radius 2 is 1.75 bits per heavy atom. The average Bonchev–Trinajstić information content (AvgIpc) is 2.60. The summed E-state index contributed by atoms with van der Waals surface area (Å²) >= 11 is 0. The monoisotopic (exact) mass is 319 g/mol. The summed E-state index contributed by atoms with van der Waals surface area (Å²) in [5.41, 5.74) is 10.1. The van der Waals surface area contributed by atoms with E-state index in [4.69, 9.17) is 5.73 Å². The zero-order valence-corrected chi connectivity index (χ0v) is 14.3. The molecule has 0 aliphatic heterocycles. The first-order chi connectivity index (χ1) is 11.7. The molecule has 2 heteroatoms. The lowest BCUT2D eigenvalue weighted by molar-refractivity contribution is 0.466. The van der Waals surface area contributed by atoms with Crippen molar-refractivity contribution in [1.82, 2.24) is 0 Å². The van der Waals surface area contributed by atoms with Crippen molar-refractivity contribution in [3.63, 3.8) is 0 Å². The minimum absolute atomic E-state index is 0.372. The number of hydrogen-bond donors (Lipinski definition) is 2. The molecule has 0 fully saturated rings. The van der Waals surface area contributed by atoms with Crippen molar-refractivity contribution in [3.8, 4) is 16.9 Å². The van der Waals surface area contributed by atoms with Gasteiger partial charge < -0.3 is 10.8 Å². The van der Waals surface area contributed by atoms with Crippen molar-refractivity contribution >= 4 is 16.5 Å². The van der Waals surface area contributed by atoms with Crippen LogP contribution in [0.15, 0.2) is 54.6 Å². The fraction of sp³-hybridized carbons (Fsp3) is 0.273. The number of phenols is 1. The average molecular weight is 319 g/mol. The zero-order chi connectivity index (χ0) is 16.9. The van der Waals surface area contributed by atoms with Crippen molar-refractivity contribution in [2.45, 2.75) is 39.0 Å². The van der Waals surface area contributed by atoms with Gasteiger partial charge in [0, 0.05) is 16.6 Å². The normalized spacial score (nSPS) is 11.0. The molecular weight excluding hydrogens is 294 g/mol. The van der Waals surface area contributed by atoms with Gasteiger partial charge in [-0.05, 0) is 35.4 Å². The third-order valence-electron chi connectivity index (χ3n) is 4.67. The Kier molecular flexibility index (Phi) is 5.05. The lowest BCUT2D eigenvalue weighted by Gasteiger charge is -2.12. The third kappa shape index (κ3) is 3.38. The maximum Gasteiger partial charge on any atom is 0.119 e. The summed E-state index contributed by atoms with van der Waals surface area (Å²) in [6.07, 6.45) is 5.76. The molecule has 0 atom stereocenters. The maximum atomic E-state index is 10.4. The van der Waals surface area contributed by atoms with Gasteiger partial charge in [-0.25, -0.2) is 0 Å². The first-order valence-electron chi connectivity index (χ1n) is 8.80. The molecule has 0 saturated carbocycles. The molecule has 0 bridgehead atoms. The molecular formula is C22H25NO. The summed E-state index contributed by atoms with van der Waals surface area (Å²) < 4.78 is 0. The van der Waals surface area contributed by atoms with Crippen LogP contribution in [-0.4, -0.2) is 5.11 Å². The molecule has 3 N–H and O–H groups in total. The van der Waals surface area contributed by atoms with Gasteiger partial charge in [0.1, 0.15) is 5.75 Å². The summed E-state index contributed by atoms with van der Waals surface area (Å²) in [5.74, 6) is 0.372. The van der Waals surface area contributed by atoms with Crippen molar-refractivity contribution in [2.24, 2.45) is 0 Å². The van der Waals surface area contributed by atoms with E-state index in [2.05, 4.69) is 25.1 Å². The van der Waals surface area contributed by atoms with Crippen LogP contribution in [0.4, 0.5) is 5.69 Å². The van der Waals surface area contributed by atoms with Crippen LogP contribution in [0.5, 0.6) is 5.75 Å². The number of rotatable bonds is 6. The SMILES string of the molecule is CCCCCCc1ccc(-c2ccc3ccccc3c2N)cc1O. The Morgan fingerprint density at radius 1 is 0.917 bits per heavy atom. The molecule has 2 nitrogen and oxygen atoms in total. The van der Waals surface area contributed by atoms with Gasteiger partial charge in [-0.1, -0.05) is 74.7 Å². The van der Waals surface area contributed by atoms with E-state index in [-0.39, 0.29) is 0 Å². The van der Waals surface area contributed by atoms with Crippen molar-refractivity contribution in [3.05, 3.63) is 60.2 Å². The standard InChI is InChI=1S/C22H25NO/c1-2-3-4-5-9-17-11-12-18(15-21(17)24)20-14-13-16-8-6-7-10-19(16)22(20)23/h6-8,10-15,24H,2-5,9,23H2,1H3. The molecule has 0 aliphatic carbocycles. The number of nitrogens with two attached hydrogens (primary N) is 1. The number of benzene rings is 3. The van der Waals surface area contributed by atoms with Crippen LogP contribution >= 0.6 is 0 Å². The molecule has 3 aromatic rings. The second-order valence-corrected chi connectivity index (χ2v) is 6.40. The minimum Gasteiger partial charge on any atom is -0.508 e. The van der Waals surface area contributed by atoms with Gasteiger partial charge in [-0.15, -0.1) is 0 Å². The van der Waals surface area contributed by atoms with E-state index < -0.39 is 0 Å². The first kappa shape index (κ1) is 16.4. The predicted molar refractivity (Wildman–Crippen MR) is 103 cm³/mol. The van der Waals surface area contributed by atoms with Gasteiger partial charge in [0.2, 0.25) is 0 Å². The van der Waals surface area contributed by atoms with E-state index in [0.29, 0.717) is 5.75 Å². The fourth-order valence-electron chi connectivity index (χ4n) is 3.23. The van der Waals surface area contributed by atoms with Gasteiger partial charge in [0.05, 0.1) is 0 Å². The van der Waals surface area contributed by atoms with Crippen molar-refractivity contribution < 1.29 is 5.11 Å². The molecule has 0 heterocycles. The van der Waals surface area contributed by atoms with Crippen LogP contribution in [0.1, 0.15) is 38.2 Å². The van der Waals surface area contributed by atoms with Crippen LogP contribution in [0, 0.1) is 0 Å². The largest absolute Gasteiger partial charge is 0.508 e. The van der Waals surface area contributed by atoms with Gasteiger partial charge >= 0.3 is 0 Å². The molecule has 0 spiro atoms. The molecule has 0 aliphatic rings. The van der Waals surface area contributed by atoms with Crippen molar-refractivity contribution in [2.75, 3.05) is 5.73 Å². The number of fused-ring (bicyclic) bond motifs is 1. The number of nitrogen functional groups attached to an aromatic ring is 1. The quantitative estimate of drug-likeness (QED) is 0.438. The molecule has 0 saturated heterocycles. The summed E-state index contributed by atoms with van der Waals surface area (Å²) in [4.78, 5) is 0. The third-order valence-corrected chi connectivity index (χ3v) is 4.67.